The zero-order chi connectivity index (χ0) is 11.5. The molecule has 2 heterocycles. The van der Waals surface area contributed by atoms with E-state index in [1.165, 1.54) is 38.0 Å². The molecule has 1 aromatic rings. The van der Waals surface area contributed by atoms with Crippen molar-refractivity contribution in [3.8, 4) is 0 Å². The van der Waals surface area contributed by atoms with Crippen molar-refractivity contribution in [3.63, 3.8) is 0 Å². The molecule has 2 rings (SSSR count). The standard InChI is InChI=1S/C13H23N3/c1-4-7-15-8-5-6-13(15)10-16-12(3)9-11(2)14-16/h9,13H,4-8,10H2,1-3H3/t13-/m0/s1. The molecule has 90 valence electrons. The van der Waals surface area contributed by atoms with Crippen molar-refractivity contribution in [3.05, 3.63) is 17.5 Å². The first-order chi connectivity index (χ1) is 7.70. The molecule has 1 aromatic heterocycles. The molecule has 0 radical (unpaired) electrons. The minimum atomic E-state index is 0.706. The summed E-state index contributed by atoms with van der Waals surface area (Å²) in [6.07, 6.45) is 3.94. The molecule has 0 aliphatic carbocycles. The highest BCUT2D eigenvalue weighted by Crippen LogP contribution is 2.19. The van der Waals surface area contributed by atoms with Crippen molar-refractivity contribution in [2.75, 3.05) is 13.1 Å². The van der Waals surface area contributed by atoms with Crippen LogP contribution < -0.4 is 0 Å². The maximum atomic E-state index is 4.56. The summed E-state index contributed by atoms with van der Waals surface area (Å²) < 4.78 is 2.17. The van der Waals surface area contributed by atoms with Gasteiger partial charge in [-0.1, -0.05) is 6.92 Å². The maximum Gasteiger partial charge on any atom is 0.0596 e. The van der Waals surface area contributed by atoms with Gasteiger partial charge in [-0.2, -0.15) is 5.10 Å². The second-order valence-electron chi connectivity index (χ2n) is 4.94. The van der Waals surface area contributed by atoms with Crippen LogP contribution in [0, 0.1) is 13.8 Å². The molecule has 0 N–H and O–H groups in total. The van der Waals surface area contributed by atoms with Crippen LogP contribution in [0.15, 0.2) is 6.07 Å². The molecule has 1 fully saturated rings. The molecule has 0 saturated carbocycles. The molecule has 0 aromatic carbocycles. The van der Waals surface area contributed by atoms with Gasteiger partial charge in [-0.25, -0.2) is 0 Å². The first kappa shape index (κ1) is 11.6. The van der Waals surface area contributed by atoms with Gasteiger partial charge in [0.15, 0.2) is 0 Å². The second kappa shape index (κ2) is 5.00. The molecule has 3 nitrogen and oxygen atoms in total. The van der Waals surface area contributed by atoms with Crippen molar-refractivity contribution in [2.45, 2.75) is 52.6 Å². The smallest absolute Gasteiger partial charge is 0.0596 e. The minimum absolute atomic E-state index is 0.706. The normalized spacial score (nSPS) is 21.8. The molecule has 1 atom stereocenters. The van der Waals surface area contributed by atoms with Gasteiger partial charge in [0.05, 0.1) is 12.2 Å². The fourth-order valence-corrected chi connectivity index (χ4v) is 2.74. The first-order valence-electron chi connectivity index (χ1n) is 6.46. The van der Waals surface area contributed by atoms with Gasteiger partial charge in [0, 0.05) is 11.7 Å². The first-order valence-corrected chi connectivity index (χ1v) is 6.46. The van der Waals surface area contributed by atoms with E-state index in [1.807, 2.05) is 0 Å². The molecular formula is C13H23N3. The Hall–Kier alpha value is -0.830. The van der Waals surface area contributed by atoms with E-state index in [-0.39, 0.29) is 0 Å². The number of hydrogen-bond acceptors (Lipinski definition) is 2. The quantitative estimate of drug-likeness (QED) is 0.778. The highest BCUT2D eigenvalue weighted by Gasteiger charge is 2.24. The zero-order valence-electron chi connectivity index (χ0n) is 10.7. The molecule has 16 heavy (non-hydrogen) atoms. The Kier molecular flexibility index (Phi) is 3.64. The van der Waals surface area contributed by atoms with Crippen LogP contribution in [0.2, 0.25) is 0 Å². The third kappa shape index (κ3) is 2.46. The Morgan fingerprint density at radius 3 is 2.88 bits per heavy atom. The summed E-state index contributed by atoms with van der Waals surface area (Å²) >= 11 is 0. The number of nitrogens with zero attached hydrogens (tertiary/aromatic N) is 3. The summed E-state index contributed by atoms with van der Waals surface area (Å²) in [5, 5.41) is 4.56. The third-order valence-electron chi connectivity index (χ3n) is 3.50. The largest absolute Gasteiger partial charge is 0.299 e. The van der Waals surface area contributed by atoms with Crippen molar-refractivity contribution < 1.29 is 0 Å². The van der Waals surface area contributed by atoms with E-state index in [0.29, 0.717) is 6.04 Å². The lowest BCUT2D eigenvalue weighted by atomic mass is 10.2. The summed E-state index contributed by atoms with van der Waals surface area (Å²) in [5.74, 6) is 0. The summed E-state index contributed by atoms with van der Waals surface area (Å²) in [6.45, 7) is 10.1. The van der Waals surface area contributed by atoms with E-state index in [1.54, 1.807) is 0 Å². The Bertz CT molecular complexity index is 343. The summed E-state index contributed by atoms with van der Waals surface area (Å²) in [4.78, 5) is 2.62. The minimum Gasteiger partial charge on any atom is -0.299 e. The van der Waals surface area contributed by atoms with Gasteiger partial charge in [0.1, 0.15) is 0 Å². The van der Waals surface area contributed by atoms with E-state index in [2.05, 4.69) is 41.5 Å². The maximum absolute atomic E-state index is 4.56. The molecule has 1 aliphatic rings. The molecule has 3 heteroatoms. The summed E-state index contributed by atoms with van der Waals surface area (Å²) in [5.41, 5.74) is 2.43. The molecule has 0 amide bonds. The van der Waals surface area contributed by atoms with Crippen LogP contribution in [0.4, 0.5) is 0 Å². The topological polar surface area (TPSA) is 21.1 Å². The highest BCUT2D eigenvalue weighted by molar-refractivity contribution is 5.06. The fourth-order valence-electron chi connectivity index (χ4n) is 2.74. The van der Waals surface area contributed by atoms with Crippen molar-refractivity contribution in [1.82, 2.24) is 14.7 Å². The zero-order valence-corrected chi connectivity index (χ0v) is 10.7. The van der Waals surface area contributed by atoms with Crippen molar-refractivity contribution >= 4 is 0 Å². The van der Waals surface area contributed by atoms with Gasteiger partial charge >= 0.3 is 0 Å². The third-order valence-corrected chi connectivity index (χ3v) is 3.50. The average Bonchev–Trinajstić information content (AvgIpc) is 2.77. The van der Waals surface area contributed by atoms with Crippen LogP contribution in [0.25, 0.3) is 0 Å². The fraction of sp³-hybridized carbons (Fsp3) is 0.769. The number of hydrogen-bond donors (Lipinski definition) is 0. The molecular weight excluding hydrogens is 198 g/mol. The lowest BCUT2D eigenvalue weighted by molar-refractivity contribution is 0.226. The lowest BCUT2D eigenvalue weighted by Crippen LogP contribution is -2.34. The van der Waals surface area contributed by atoms with Crippen LogP contribution in [0.5, 0.6) is 0 Å². The molecule has 0 bridgehead atoms. The molecule has 0 spiro atoms. The molecule has 1 saturated heterocycles. The number of rotatable bonds is 4. The predicted molar refractivity (Wildman–Crippen MR) is 66.6 cm³/mol. The lowest BCUT2D eigenvalue weighted by Gasteiger charge is -2.24. The van der Waals surface area contributed by atoms with Gasteiger partial charge in [0.25, 0.3) is 0 Å². The van der Waals surface area contributed by atoms with Crippen LogP contribution in [0.3, 0.4) is 0 Å². The summed E-state index contributed by atoms with van der Waals surface area (Å²) in [7, 11) is 0. The SMILES string of the molecule is CCCN1CCC[C@H]1Cn1nc(C)cc1C. The Labute approximate surface area is 98.4 Å². The van der Waals surface area contributed by atoms with Gasteiger partial charge in [-0.15, -0.1) is 0 Å². The van der Waals surface area contributed by atoms with E-state index in [9.17, 15) is 0 Å². The van der Waals surface area contributed by atoms with Crippen molar-refractivity contribution in [2.24, 2.45) is 0 Å². The molecule has 1 aliphatic heterocycles. The second-order valence-corrected chi connectivity index (χ2v) is 4.94. The van der Waals surface area contributed by atoms with Gasteiger partial charge < -0.3 is 0 Å². The Morgan fingerprint density at radius 2 is 2.25 bits per heavy atom. The predicted octanol–water partition coefficient (Wildman–Crippen LogP) is 2.37. The average molecular weight is 221 g/mol. The van der Waals surface area contributed by atoms with E-state index in [4.69, 9.17) is 0 Å². The van der Waals surface area contributed by atoms with Crippen LogP contribution >= 0.6 is 0 Å². The number of aromatic nitrogens is 2. The van der Waals surface area contributed by atoms with Crippen molar-refractivity contribution in [1.29, 1.82) is 0 Å². The van der Waals surface area contributed by atoms with E-state index >= 15 is 0 Å². The monoisotopic (exact) mass is 221 g/mol. The van der Waals surface area contributed by atoms with Gasteiger partial charge in [-0.3, -0.25) is 9.58 Å². The van der Waals surface area contributed by atoms with Crippen LogP contribution in [-0.2, 0) is 6.54 Å². The number of aryl methyl sites for hydroxylation is 2. The van der Waals surface area contributed by atoms with Crippen LogP contribution in [-0.4, -0.2) is 33.8 Å². The number of likely N-dealkylation sites (tertiary alicyclic amines) is 1. The molecule has 0 unspecified atom stereocenters. The summed E-state index contributed by atoms with van der Waals surface area (Å²) in [6, 6.07) is 2.87. The Morgan fingerprint density at radius 1 is 1.44 bits per heavy atom. The van der Waals surface area contributed by atoms with Gasteiger partial charge in [0.2, 0.25) is 0 Å². The van der Waals surface area contributed by atoms with E-state index in [0.717, 1.165) is 12.2 Å². The highest BCUT2D eigenvalue weighted by atomic mass is 15.3. The van der Waals surface area contributed by atoms with Gasteiger partial charge in [-0.05, 0) is 52.3 Å². The van der Waals surface area contributed by atoms with Crippen LogP contribution in [0.1, 0.15) is 37.6 Å². The Balaban J connectivity index is 2.00. The van der Waals surface area contributed by atoms with E-state index < -0.39 is 0 Å².